The van der Waals surface area contributed by atoms with Crippen molar-refractivity contribution in [2.45, 2.75) is 19.8 Å². The van der Waals surface area contributed by atoms with Gasteiger partial charge in [0, 0.05) is 12.4 Å². The van der Waals surface area contributed by atoms with E-state index in [2.05, 4.69) is 15.0 Å². The summed E-state index contributed by atoms with van der Waals surface area (Å²) in [5, 5.41) is 0.455. The van der Waals surface area contributed by atoms with Gasteiger partial charge in [-0.2, -0.15) is 0 Å². The first-order valence-electron chi connectivity index (χ1n) is 6.96. The van der Waals surface area contributed by atoms with Crippen LogP contribution in [0.3, 0.4) is 0 Å². The van der Waals surface area contributed by atoms with Crippen LogP contribution >= 0.6 is 34.8 Å². The monoisotopic (exact) mass is 384 g/mol. The lowest BCUT2D eigenvalue weighted by molar-refractivity contribution is 0.823. The molecule has 0 aliphatic carbocycles. The fraction of sp³-hybridized carbons (Fsp3) is 0.200. The largest absolute Gasteiger partial charge is 0.334 e. The van der Waals surface area contributed by atoms with Crippen LogP contribution in [0.5, 0.6) is 0 Å². The molecule has 0 unspecified atom stereocenters. The fourth-order valence-corrected chi connectivity index (χ4v) is 3.23. The lowest BCUT2D eigenvalue weighted by Gasteiger charge is -2.17. The Morgan fingerprint density at radius 1 is 1.12 bits per heavy atom. The fourth-order valence-electron chi connectivity index (χ4n) is 2.47. The zero-order valence-electron chi connectivity index (χ0n) is 12.6. The molecule has 0 saturated carbocycles. The number of fused-ring (bicyclic) bond motifs is 1. The van der Waals surface area contributed by atoms with Gasteiger partial charge in [-0.25, -0.2) is 14.3 Å². The molecule has 3 aromatic heterocycles. The molecule has 0 saturated heterocycles. The minimum absolute atomic E-state index is 0.0229. The summed E-state index contributed by atoms with van der Waals surface area (Å²) in [5.74, 6) is 0.0229. The van der Waals surface area contributed by atoms with Crippen molar-refractivity contribution in [1.29, 1.82) is 0 Å². The first kappa shape index (κ1) is 17.0. The second-order valence-corrected chi connectivity index (χ2v) is 6.64. The highest BCUT2D eigenvalue weighted by Gasteiger charge is 2.20. The van der Waals surface area contributed by atoms with E-state index < -0.39 is 11.2 Å². The average molecular weight is 386 g/mol. The van der Waals surface area contributed by atoms with Crippen LogP contribution < -0.4 is 11.2 Å². The molecule has 9 heteroatoms. The Morgan fingerprint density at radius 3 is 2.50 bits per heavy atom. The molecule has 24 heavy (non-hydrogen) atoms. The summed E-state index contributed by atoms with van der Waals surface area (Å²) >= 11 is 18.4. The molecule has 0 radical (unpaired) electrons. The van der Waals surface area contributed by atoms with Gasteiger partial charge in [0.25, 0.3) is 5.56 Å². The van der Waals surface area contributed by atoms with Crippen molar-refractivity contribution in [3.05, 3.63) is 60.1 Å². The van der Waals surface area contributed by atoms with Crippen LogP contribution in [0.4, 0.5) is 0 Å². The number of nitrogens with one attached hydrogen (secondary N) is 1. The van der Waals surface area contributed by atoms with E-state index in [4.69, 9.17) is 34.8 Å². The zero-order valence-corrected chi connectivity index (χ0v) is 14.9. The number of H-pyrrole nitrogens is 1. The normalized spacial score (nSPS) is 11.4. The Bertz CT molecular complexity index is 1070. The lowest BCUT2D eigenvalue weighted by atomic mass is 10.0. The molecule has 3 aromatic rings. The maximum absolute atomic E-state index is 12.5. The van der Waals surface area contributed by atoms with Crippen LogP contribution in [-0.2, 0) is 0 Å². The molecule has 0 aromatic carbocycles. The van der Waals surface area contributed by atoms with E-state index in [0.717, 1.165) is 5.56 Å². The Morgan fingerprint density at radius 2 is 1.83 bits per heavy atom. The summed E-state index contributed by atoms with van der Waals surface area (Å²) in [6.45, 7) is 3.87. The van der Waals surface area contributed by atoms with Crippen LogP contribution in [-0.4, -0.2) is 19.5 Å². The average Bonchev–Trinajstić information content (AvgIpc) is 2.47. The van der Waals surface area contributed by atoms with Gasteiger partial charge in [-0.15, -0.1) is 0 Å². The maximum Gasteiger partial charge on any atom is 0.334 e. The van der Waals surface area contributed by atoms with Crippen LogP contribution in [0.1, 0.15) is 25.3 Å². The van der Waals surface area contributed by atoms with E-state index in [0.29, 0.717) is 5.69 Å². The smallest absolute Gasteiger partial charge is 0.273 e. The van der Waals surface area contributed by atoms with Crippen molar-refractivity contribution >= 4 is 45.8 Å². The summed E-state index contributed by atoms with van der Waals surface area (Å²) in [6.07, 6.45) is 3.03. The van der Waals surface area contributed by atoms with E-state index in [1.165, 1.54) is 16.8 Å². The SMILES string of the molecule is CC(C)c1cncc(Cl)c1-n1c(=O)[nH]c(=O)c2c(Cl)cc(Cl)nc21. The van der Waals surface area contributed by atoms with Gasteiger partial charge in [0.05, 0.1) is 15.7 Å². The van der Waals surface area contributed by atoms with E-state index in [1.54, 1.807) is 6.20 Å². The Labute approximate surface area is 151 Å². The number of nitrogens with zero attached hydrogens (tertiary/aromatic N) is 3. The van der Waals surface area contributed by atoms with Gasteiger partial charge < -0.3 is 0 Å². The molecule has 0 aliphatic heterocycles. The van der Waals surface area contributed by atoms with Crippen LogP contribution in [0.25, 0.3) is 16.7 Å². The topological polar surface area (TPSA) is 80.6 Å². The Balaban J connectivity index is 2.59. The van der Waals surface area contributed by atoms with E-state index in [9.17, 15) is 9.59 Å². The molecule has 0 amide bonds. The summed E-state index contributed by atoms with van der Waals surface area (Å²) in [6, 6.07) is 1.34. The van der Waals surface area contributed by atoms with Crippen molar-refractivity contribution < 1.29 is 0 Å². The van der Waals surface area contributed by atoms with E-state index in [-0.39, 0.29) is 32.1 Å². The molecule has 6 nitrogen and oxygen atoms in total. The predicted molar refractivity (Wildman–Crippen MR) is 94.9 cm³/mol. The number of halogens is 3. The van der Waals surface area contributed by atoms with Gasteiger partial charge in [0.1, 0.15) is 10.5 Å². The summed E-state index contributed by atoms with van der Waals surface area (Å²) in [5.41, 5.74) is -0.184. The van der Waals surface area contributed by atoms with Crippen molar-refractivity contribution in [2.24, 2.45) is 0 Å². The number of aromatic nitrogens is 4. The second-order valence-electron chi connectivity index (χ2n) is 5.43. The van der Waals surface area contributed by atoms with Gasteiger partial charge in [-0.05, 0) is 17.5 Å². The number of aromatic amines is 1. The van der Waals surface area contributed by atoms with Crippen molar-refractivity contribution in [3.63, 3.8) is 0 Å². The van der Waals surface area contributed by atoms with Crippen molar-refractivity contribution in [1.82, 2.24) is 19.5 Å². The van der Waals surface area contributed by atoms with Crippen LogP contribution in [0.2, 0.25) is 15.2 Å². The Kier molecular flexibility index (Phi) is 4.38. The van der Waals surface area contributed by atoms with Gasteiger partial charge in [-0.3, -0.25) is 14.8 Å². The quantitative estimate of drug-likeness (QED) is 0.684. The summed E-state index contributed by atoms with van der Waals surface area (Å²) < 4.78 is 1.20. The van der Waals surface area contributed by atoms with E-state index >= 15 is 0 Å². The summed E-state index contributed by atoms with van der Waals surface area (Å²) in [7, 11) is 0. The molecule has 3 rings (SSSR count). The molecule has 0 atom stereocenters. The van der Waals surface area contributed by atoms with Gasteiger partial charge in [0.15, 0.2) is 5.65 Å². The minimum Gasteiger partial charge on any atom is -0.273 e. The third kappa shape index (κ3) is 2.70. The Hall–Kier alpha value is -1.89. The van der Waals surface area contributed by atoms with Crippen molar-refractivity contribution in [3.8, 4) is 5.69 Å². The van der Waals surface area contributed by atoms with Crippen LogP contribution in [0, 0.1) is 0 Å². The number of rotatable bonds is 2. The highest BCUT2D eigenvalue weighted by molar-refractivity contribution is 6.37. The molecule has 3 heterocycles. The third-order valence-corrected chi connectivity index (χ3v) is 4.30. The van der Waals surface area contributed by atoms with Gasteiger partial charge in [0.2, 0.25) is 0 Å². The molecule has 0 fully saturated rings. The molecule has 0 bridgehead atoms. The lowest BCUT2D eigenvalue weighted by Crippen LogP contribution is -2.31. The highest BCUT2D eigenvalue weighted by atomic mass is 35.5. The molecule has 1 N–H and O–H groups in total. The standard InChI is InChI=1S/C15H11Cl3N4O2/c1-6(2)7-4-19-5-9(17)12(7)22-13-11(14(23)21-15(22)24)8(16)3-10(18)20-13/h3-6H,1-2H3,(H,21,23,24). The molecule has 0 aliphatic rings. The van der Waals surface area contributed by atoms with Gasteiger partial charge >= 0.3 is 5.69 Å². The number of hydrogen-bond donors (Lipinski definition) is 1. The molecular weight excluding hydrogens is 375 g/mol. The van der Waals surface area contributed by atoms with E-state index in [1.807, 2.05) is 13.8 Å². The first-order valence-corrected chi connectivity index (χ1v) is 8.09. The summed E-state index contributed by atoms with van der Waals surface area (Å²) in [4.78, 5) is 35.1. The van der Waals surface area contributed by atoms with Gasteiger partial charge in [-0.1, -0.05) is 48.7 Å². The molecular formula is C15H11Cl3N4O2. The molecule has 0 spiro atoms. The number of pyridine rings is 2. The molecule has 124 valence electrons. The zero-order chi connectivity index (χ0) is 17.6. The maximum atomic E-state index is 12.5. The second kappa shape index (κ2) is 6.20. The third-order valence-electron chi connectivity index (χ3n) is 3.53. The van der Waals surface area contributed by atoms with Crippen molar-refractivity contribution in [2.75, 3.05) is 0 Å². The van der Waals surface area contributed by atoms with Crippen LogP contribution in [0.15, 0.2) is 28.0 Å². The predicted octanol–water partition coefficient (Wildman–Crippen LogP) is 3.55. The minimum atomic E-state index is -0.687. The number of hydrogen-bond acceptors (Lipinski definition) is 4. The highest BCUT2D eigenvalue weighted by Crippen LogP contribution is 2.30. The first-order chi connectivity index (χ1) is 11.3.